The molecule has 0 unspecified atom stereocenters. The molecule has 0 aromatic rings. The maximum absolute atomic E-state index is 10.8. The first-order chi connectivity index (χ1) is 5.46. The molecule has 0 aliphatic heterocycles. The molecule has 3 N–H and O–H groups in total. The van der Waals surface area contributed by atoms with E-state index >= 15 is 0 Å². The Morgan fingerprint density at radius 1 is 1.50 bits per heavy atom. The van der Waals surface area contributed by atoms with Crippen molar-refractivity contribution in [1.29, 1.82) is 0 Å². The number of aliphatic carboxylic acids is 1. The molecule has 3 nitrogen and oxygen atoms in total. The predicted octanol–water partition coefficient (Wildman–Crippen LogP) is 0.979. The van der Waals surface area contributed by atoms with E-state index in [4.69, 9.17) is 10.8 Å². The minimum atomic E-state index is -0.645. The molecule has 0 atom stereocenters. The van der Waals surface area contributed by atoms with Crippen LogP contribution < -0.4 is 5.73 Å². The van der Waals surface area contributed by atoms with Crippen LogP contribution in [-0.4, -0.2) is 17.1 Å². The molecule has 3 heteroatoms. The summed E-state index contributed by atoms with van der Waals surface area (Å²) in [5.74, 6) is -0.645. The number of carboxylic acid groups (broad SMARTS) is 1. The molecule has 0 aromatic heterocycles. The number of carbonyl (C=O) groups is 1. The highest BCUT2D eigenvalue weighted by molar-refractivity contribution is 5.75. The van der Waals surface area contributed by atoms with Crippen molar-refractivity contribution in [1.82, 2.24) is 0 Å². The van der Waals surface area contributed by atoms with Crippen molar-refractivity contribution in [2.45, 2.75) is 38.6 Å². The van der Waals surface area contributed by atoms with Gasteiger partial charge < -0.3 is 10.8 Å². The van der Waals surface area contributed by atoms with Crippen molar-refractivity contribution >= 4 is 5.97 Å². The van der Waals surface area contributed by atoms with Crippen molar-refractivity contribution < 1.29 is 9.90 Å². The second kappa shape index (κ2) is 2.02. The molecule has 2 fully saturated rings. The van der Waals surface area contributed by atoms with Gasteiger partial charge in [0.2, 0.25) is 0 Å². The first-order valence-electron chi connectivity index (χ1n) is 4.45. The van der Waals surface area contributed by atoms with Gasteiger partial charge in [0.05, 0.1) is 5.41 Å². The summed E-state index contributed by atoms with van der Waals surface area (Å²) in [5.41, 5.74) is 5.56. The highest BCUT2D eigenvalue weighted by Gasteiger charge is 2.60. The van der Waals surface area contributed by atoms with Gasteiger partial charge in [-0.15, -0.1) is 0 Å². The fourth-order valence-electron chi connectivity index (χ4n) is 3.10. The van der Waals surface area contributed by atoms with Crippen molar-refractivity contribution in [2.75, 3.05) is 0 Å². The summed E-state index contributed by atoms with van der Waals surface area (Å²) in [6.07, 6.45) is 3.75. The lowest BCUT2D eigenvalue weighted by atomic mass is 9.44. The molecule has 1 spiro atoms. The molecular formula is C9H15NO2. The Labute approximate surface area is 71.9 Å². The fraction of sp³-hybridized carbons (Fsp3) is 0.889. The number of nitrogens with two attached hydrogens (primary N) is 1. The number of carboxylic acids is 1. The van der Waals surface area contributed by atoms with Crippen molar-refractivity contribution in [2.24, 2.45) is 16.6 Å². The van der Waals surface area contributed by atoms with Gasteiger partial charge in [-0.2, -0.15) is 0 Å². The van der Waals surface area contributed by atoms with Crippen LogP contribution in [0.1, 0.15) is 32.6 Å². The second-order valence-electron chi connectivity index (χ2n) is 4.89. The number of hydrogen-bond acceptors (Lipinski definition) is 2. The molecule has 2 aliphatic carbocycles. The highest BCUT2D eigenvalue weighted by Crippen LogP contribution is 2.63. The monoisotopic (exact) mass is 169 g/mol. The van der Waals surface area contributed by atoms with Gasteiger partial charge in [-0.3, -0.25) is 4.79 Å². The van der Waals surface area contributed by atoms with E-state index in [0.717, 1.165) is 25.7 Å². The van der Waals surface area contributed by atoms with Crippen LogP contribution in [0.25, 0.3) is 0 Å². The first-order valence-corrected chi connectivity index (χ1v) is 4.45. The van der Waals surface area contributed by atoms with E-state index < -0.39 is 11.4 Å². The summed E-state index contributed by atoms with van der Waals surface area (Å²) >= 11 is 0. The Morgan fingerprint density at radius 2 is 2.00 bits per heavy atom. The Hall–Kier alpha value is -0.570. The summed E-state index contributed by atoms with van der Waals surface area (Å²) in [6, 6.07) is 0.336. The average molecular weight is 169 g/mol. The van der Waals surface area contributed by atoms with E-state index in [1.807, 2.05) is 6.92 Å². The molecule has 0 radical (unpaired) electrons. The lowest BCUT2D eigenvalue weighted by Gasteiger charge is -2.60. The number of rotatable bonds is 1. The predicted molar refractivity (Wildman–Crippen MR) is 44.6 cm³/mol. The van der Waals surface area contributed by atoms with Gasteiger partial charge in [0.25, 0.3) is 0 Å². The van der Waals surface area contributed by atoms with Crippen LogP contribution in [0, 0.1) is 10.8 Å². The topological polar surface area (TPSA) is 63.3 Å². The lowest BCUT2D eigenvalue weighted by Crippen LogP contribution is -2.59. The molecule has 2 saturated carbocycles. The third-order valence-corrected chi connectivity index (χ3v) is 3.44. The zero-order valence-electron chi connectivity index (χ0n) is 7.34. The van der Waals surface area contributed by atoms with E-state index in [1.54, 1.807) is 0 Å². The summed E-state index contributed by atoms with van der Waals surface area (Å²) in [4.78, 5) is 10.8. The zero-order chi connectivity index (χ0) is 8.98. The Kier molecular flexibility index (Phi) is 1.35. The molecule has 0 heterocycles. The van der Waals surface area contributed by atoms with E-state index in [9.17, 15) is 4.79 Å². The minimum Gasteiger partial charge on any atom is -0.481 e. The Balaban J connectivity index is 1.95. The van der Waals surface area contributed by atoms with Crippen LogP contribution in [-0.2, 0) is 4.79 Å². The lowest BCUT2D eigenvalue weighted by molar-refractivity contribution is -0.172. The Morgan fingerprint density at radius 3 is 2.33 bits per heavy atom. The molecule has 0 aromatic carbocycles. The molecule has 0 saturated heterocycles. The van der Waals surface area contributed by atoms with E-state index in [0.29, 0.717) is 11.5 Å². The largest absolute Gasteiger partial charge is 0.481 e. The summed E-state index contributed by atoms with van der Waals surface area (Å²) in [7, 11) is 0. The van der Waals surface area contributed by atoms with Gasteiger partial charge in [0.1, 0.15) is 0 Å². The van der Waals surface area contributed by atoms with Crippen LogP contribution in [0.4, 0.5) is 0 Å². The normalized spacial score (nSPS) is 51.3. The minimum absolute atomic E-state index is 0.326. The summed E-state index contributed by atoms with van der Waals surface area (Å²) in [5, 5.41) is 8.88. The van der Waals surface area contributed by atoms with Crippen LogP contribution in [0.2, 0.25) is 0 Å². The van der Waals surface area contributed by atoms with Crippen LogP contribution in [0.3, 0.4) is 0 Å². The fourth-order valence-corrected chi connectivity index (χ4v) is 3.10. The van der Waals surface area contributed by atoms with Gasteiger partial charge in [0, 0.05) is 6.04 Å². The van der Waals surface area contributed by atoms with Crippen LogP contribution >= 0.6 is 0 Å². The maximum Gasteiger partial charge on any atom is 0.309 e. The molecule has 68 valence electrons. The van der Waals surface area contributed by atoms with Gasteiger partial charge in [-0.25, -0.2) is 0 Å². The smallest absolute Gasteiger partial charge is 0.309 e. The molecule has 12 heavy (non-hydrogen) atoms. The maximum atomic E-state index is 10.8. The van der Waals surface area contributed by atoms with Crippen LogP contribution in [0.5, 0.6) is 0 Å². The number of hydrogen-bond donors (Lipinski definition) is 2. The van der Waals surface area contributed by atoms with Crippen molar-refractivity contribution in [3.8, 4) is 0 Å². The van der Waals surface area contributed by atoms with Gasteiger partial charge >= 0.3 is 5.97 Å². The van der Waals surface area contributed by atoms with E-state index in [-0.39, 0.29) is 0 Å². The molecule has 0 amide bonds. The second-order valence-corrected chi connectivity index (χ2v) is 4.89. The summed E-state index contributed by atoms with van der Waals surface area (Å²) in [6.45, 7) is 1.84. The Bertz CT molecular complexity index is 223. The highest BCUT2D eigenvalue weighted by atomic mass is 16.4. The zero-order valence-corrected chi connectivity index (χ0v) is 7.34. The molecule has 2 rings (SSSR count). The quantitative estimate of drug-likeness (QED) is 0.615. The SMILES string of the molecule is CC1(C(=O)O)CC2(CC(N)C2)C1. The summed E-state index contributed by atoms with van der Waals surface area (Å²) < 4.78 is 0. The van der Waals surface area contributed by atoms with Crippen molar-refractivity contribution in [3.05, 3.63) is 0 Å². The van der Waals surface area contributed by atoms with Gasteiger partial charge in [-0.1, -0.05) is 0 Å². The third-order valence-electron chi connectivity index (χ3n) is 3.44. The van der Waals surface area contributed by atoms with Gasteiger partial charge in [0.15, 0.2) is 0 Å². The standard InChI is InChI=1S/C9H15NO2/c1-8(7(11)12)4-9(5-8)2-6(10)3-9/h6H,2-5,10H2,1H3,(H,11,12). The van der Waals surface area contributed by atoms with Gasteiger partial charge in [-0.05, 0) is 38.0 Å². The average Bonchev–Trinajstić information content (AvgIpc) is 1.80. The molecule has 2 aliphatic rings. The molecule has 0 bridgehead atoms. The molecular weight excluding hydrogens is 154 g/mol. The van der Waals surface area contributed by atoms with E-state index in [1.165, 1.54) is 0 Å². The van der Waals surface area contributed by atoms with E-state index in [2.05, 4.69) is 0 Å². The third kappa shape index (κ3) is 0.891. The van der Waals surface area contributed by atoms with Crippen LogP contribution in [0.15, 0.2) is 0 Å². The first kappa shape index (κ1) is 8.05. The van der Waals surface area contributed by atoms with Crippen molar-refractivity contribution in [3.63, 3.8) is 0 Å².